The Morgan fingerprint density at radius 3 is 2.37 bits per heavy atom. The molecule has 5 unspecified atom stereocenters. The highest BCUT2D eigenvalue weighted by atomic mass is 35.5. The van der Waals surface area contributed by atoms with Gasteiger partial charge in [0.1, 0.15) is 41.4 Å². The number of benzene rings is 2. The predicted octanol–water partition coefficient (Wildman–Crippen LogP) is 3.18. The van der Waals surface area contributed by atoms with Crippen LogP contribution in [0.1, 0.15) is 29.7 Å². The van der Waals surface area contributed by atoms with Crippen molar-refractivity contribution in [2.75, 3.05) is 20.0 Å². The van der Waals surface area contributed by atoms with Crippen LogP contribution in [0.2, 0.25) is 5.02 Å². The van der Waals surface area contributed by atoms with Gasteiger partial charge in [-0.15, -0.1) is 11.8 Å². The van der Waals surface area contributed by atoms with Gasteiger partial charge in [0.25, 0.3) is 0 Å². The van der Waals surface area contributed by atoms with Crippen molar-refractivity contribution in [1.82, 2.24) is 0 Å². The third kappa shape index (κ3) is 4.88. The molecule has 30 heavy (non-hydrogen) atoms. The van der Waals surface area contributed by atoms with Crippen molar-refractivity contribution in [1.29, 1.82) is 0 Å². The Hall–Kier alpha value is -1.48. The molecule has 0 aliphatic carbocycles. The third-order valence-corrected chi connectivity index (χ3v) is 6.34. The second-order valence-corrected chi connectivity index (χ2v) is 8.42. The number of methoxy groups -OCH3 is 1. The van der Waals surface area contributed by atoms with E-state index in [-0.39, 0.29) is 0 Å². The molecule has 0 bridgehead atoms. The number of ether oxygens (including phenoxy) is 3. The largest absolute Gasteiger partial charge is 0.496 e. The van der Waals surface area contributed by atoms with Crippen molar-refractivity contribution in [2.45, 2.75) is 43.2 Å². The number of halogens is 1. The molecular formula is C22H27ClO6S. The van der Waals surface area contributed by atoms with E-state index < -0.39 is 29.9 Å². The summed E-state index contributed by atoms with van der Waals surface area (Å²) in [7, 11) is 1.51. The molecule has 6 nitrogen and oxygen atoms in total. The van der Waals surface area contributed by atoms with Gasteiger partial charge in [0.05, 0.1) is 13.7 Å². The van der Waals surface area contributed by atoms with E-state index in [1.807, 2.05) is 37.3 Å². The lowest BCUT2D eigenvalue weighted by Crippen LogP contribution is -2.53. The Bertz CT molecular complexity index is 844. The fourth-order valence-electron chi connectivity index (χ4n) is 3.54. The molecule has 3 rings (SSSR count). The Kier molecular flexibility index (Phi) is 7.90. The highest BCUT2D eigenvalue weighted by Crippen LogP contribution is 2.41. The maximum absolute atomic E-state index is 10.6. The lowest BCUT2D eigenvalue weighted by molar-refractivity contribution is -0.200. The molecule has 1 fully saturated rings. The summed E-state index contributed by atoms with van der Waals surface area (Å²) in [5.41, 5.74) is 1.76. The van der Waals surface area contributed by atoms with E-state index >= 15 is 0 Å². The molecule has 1 aliphatic heterocycles. The van der Waals surface area contributed by atoms with Crippen LogP contribution in [-0.4, -0.2) is 59.0 Å². The quantitative estimate of drug-likeness (QED) is 0.592. The summed E-state index contributed by atoms with van der Waals surface area (Å²) in [6.45, 7) is 2.54. The van der Waals surface area contributed by atoms with Gasteiger partial charge in [-0.1, -0.05) is 23.7 Å². The second-order valence-electron chi connectivity index (χ2n) is 7.07. The summed E-state index contributed by atoms with van der Waals surface area (Å²) in [6, 6.07) is 11.3. The normalized spacial score (nSPS) is 26.4. The van der Waals surface area contributed by atoms with Crippen LogP contribution in [0, 0.1) is 0 Å². The number of thioether (sulfide) groups is 1. The summed E-state index contributed by atoms with van der Waals surface area (Å²) in [5, 5.41) is 31.5. The summed E-state index contributed by atoms with van der Waals surface area (Å²) < 4.78 is 16.9. The van der Waals surface area contributed by atoms with E-state index in [9.17, 15) is 15.3 Å². The van der Waals surface area contributed by atoms with Gasteiger partial charge in [0.2, 0.25) is 0 Å². The van der Waals surface area contributed by atoms with Gasteiger partial charge in [-0.2, -0.15) is 0 Å². The number of aliphatic hydroxyl groups is 3. The van der Waals surface area contributed by atoms with Crippen LogP contribution >= 0.6 is 23.4 Å². The Balaban J connectivity index is 1.93. The van der Waals surface area contributed by atoms with Crippen molar-refractivity contribution < 1.29 is 29.5 Å². The van der Waals surface area contributed by atoms with Gasteiger partial charge in [0, 0.05) is 10.6 Å². The predicted molar refractivity (Wildman–Crippen MR) is 118 cm³/mol. The zero-order chi connectivity index (χ0) is 21.8. The second kappa shape index (κ2) is 10.2. The topological polar surface area (TPSA) is 88.4 Å². The van der Waals surface area contributed by atoms with Crippen LogP contribution in [0.4, 0.5) is 0 Å². The summed E-state index contributed by atoms with van der Waals surface area (Å²) in [6.07, 6.45) is -2.37. The molecule has 2 aromatic carbocycles. The Morgan fingerprint density at radius 2 is 1.77 bits per heavy atom. The molecular weight excluding hydrogens is 428 g/mol. The van der Waals surface area contributed by atoms with Gasteiger partial charge in [-0.25, -0.2) is 0 Å². The Morgan fingerprint density at radius 1 is 1.07 bits per heavy atom. The molecule has 0 amide bonds. The highest BCUT2D eigenvalue weighted by molar-refractivity contribution is 7.99. The minimum absolute atomic E-state index is 0.447. The lowest BCUT2D eigenvalue weighted by Gasteiger charge is -2.40. The summed E-state index contributed by atoms with van der Waals surface area (Å²) >= 11 is 7.76. The van der Waals surface area contributed by atoms with Crippen LogP contribution in [0.15, 0.2) is 36.4 Å². The molecule has 2 aromatic rings. The molecule has 8 heteroatoms. The molecule has 1 saturated heterocycles. The van der Waals surface area contributed by atoms with E-state index in [2.05, 4.69) is 0 Å². The number of rotatable bonds is 7. The van der Waals surface area contributed by atoms with E-state index in [4.69, 9.17) is 25.8 Å². The SMILES string of the molecule is CCOc1ccc(Cc2cc(C3OC(SC)C(O)C(O)C3O)c(OC)cc2Cl)cc1. The third-order valence-electron chi connectivity index (χ3n) is 5.14. The van der Waals surface area contributed by atoms with Gasteiger partial charge < -0.3 is 29.5 Å². The molecule has 1 heterocycles. The van der Waals surface area contributed by atoms with Gasteiger partial charge in [0.15, 0.2) is 0 Å². The maximum Gasteiger partial charge on any atom is 0.132 e. The summed E-state index contributed by atoms with van der Waals surface area (Å²) in [5.74, 6) is 1.25. The van der Waals surface area contributed by atoms with E-state index in [0.29, 0.717) is 29.4 Å². The van der Waals surface area contributed by atoms with E-state index in [0.717, 1.165) is 16.9 Å². The van der Waals surface area contributed by atoms with Crippen molar-refractivity contribution in [2.24, 2.45) is 0 Å². The number of aliphatic hydroxyl groups excluding tert-OH is 3. The lowest BCUT2D eigenvalue weighted by atomic mass is 9.92. The van der Waals surface area contributed by atoms with Crippen LogP contribution in [-0.2, 0) is 11.2 Å². The first-order valence-electron chi connectivity index (χ1n) is 9.70. The molecule has 0 saturated carbocycles. The maximum atomic E-state index is 10.6. The molecule has 164 valence electrons. The zero-order valence-corrected chi connectivity index (χ0v) is 18.7. The molecule has 3 N–H and O–H groups in total. The highest BCUT2D eigenvalue weighted by Gasteiger charge is 2.45. The standard InChI is InChI=1S/C22H27ClO6S/c1-4-28-14-7-5-12(6-8-14)9-13-10-15(17(27-2)11-16(13)23)21-19(25)18(24)20(26)22(29-21)30-3/h5-8,10-11,18-22,24-26H,4,9H2,1-3H3. The zero-order valence-electron chi connectivity index (χ0n) is 17.1. The van der Waals surface area contributed by atoms with Gasteiger partial charge in [-0.05, 0) is 55.0 Å². The van der Waals surface area contributed by atoms with E-state index in [1.165, 1.54) is 18.9 Å². The van der Waals surface area contributed by atoms with Crippen molar-refractivity contribution in [3.8, 4) is 11.5 Å². The van der Waals surface area contributed by atoms with Gasteiger partial charge in [-0.3, -0.25) is 0 Å². The Labute approximate surface area is 185 Å². The van der Waals surface area contributed by atoms with E-state index in [1.54, 1.807) is 12.3 Å². The number of hydrogen-bond acceptors (Lipinski definition) is 7. The molecule has 0 spiro atoms. The van der Waals surface area contributed by atoms with Crippen LogP contribution in [0.25, 0.3) is 0 Å². The first-order chi connectivity index (χ1) is 14.4. The van der Waals surface area contributed by atoms with Crippen LogP contribution < -0.4 is 9.47 Å². The molecule has 0 aromatic heterocycles. The van der Waals surface area contributed by atoms with Crippen LogP contribution in [0.5, 0.6) is 11.5 Å². The molecule has 5 atom stereocenters. The molecule has 0 radical (unpaired) electrons. The first-order valence-corrected chi connectivity index (χ1v) is 11.4. The van der Waals surface area contributed by atoms with Crippen molar-refractivity contribution in [3.63, 3.8) is 0 Å². The number of hydrogen-bond donors (Lipinski definition) is 3. The monoisotopic (exact) mass is 454 g/mol. The smallest absolute Gasteiger partial charge is 0.132 e. The van der Waals surface area contributed by atoms with Crippen molar-refractivity contribution >= 4 is 23.4 Å². The van der Waals surface area contributed by atoms with Gasteiger partial charge >= 0.3 is 0 Å². The summed E-state index contributed by atoms with van der Waals surface area (Å²) in [4.78, 5) is 0. The van der Waals surface area contributed by atoms with Crippen molar-refractivity contribution in [3.05, 3.63) is 58.1 Å². The van der Waals surface area contributed by atoms with Crippen LogP contribution in [0.3, 0.4) is 0 Å². The average molecular weight is 455 g/mol. The minimum Gasteiger partial charge on any atom is -0.496 e. The minimum atomic E-state index is -1.34. The first kappa shape index (κ1) is 23.2. The fourth-order valence-corrected chi connectivity index (χ4v) is 4.43. The fraction of sp³-hybridized carbons (Fsp3) is 0.455. The molecule has 1 aliphatic rings. The average Bonchev–Trinajstić information content (AvgIpc) is 2.75.